The monoisotopic (exact) mass is 256 g/mol. The maximum Gasteiger partial charge on any atom is 0.234 e. The van der Waals surface area contributed by atoms with Gasteiger partial charge in [0.25, 0.3) is 0 Å². The third-order valence-corrected chi connectivity index (χ3v) is 3.20. The molecule has 1 aromatic carbocycles. The van der Waals surface area contributed by atoms with Gasteiger partial charge in [-0.05, 0) is 18.2 Å². The number of amides is 1. The van der Waals surface area contributed by atoms with Gasteiger partial charge in [0, 0.05) is 4.75 Å². The van der Waals surface area contributed by atoms with E-state index in [0.29, 0.717) is 11.4 Å². The Hall–Kier alpha value is -1.23. The van der Waals surface area contributed by atoms with Crippen molar-refractivity contribution in [2.24, 2.45) is 0 Å². The number of halogens is 1. The lowest BCUT2D eigenvalue weighted by atomic mass is 10.2. The number of nitrogens with one attached hydrogen (secondary N) is 1. The second-order valence-corrected chi connectivity index (χ2v) is 6.48. The predicted octanol–water partition coefficient (Wildman–Crippen LogP) is 2.88. The van der Waals surface area contributed by atoms with Gasteiger partial charge in [0.15, 0.2) is 0 Å². The van der Waals surface area contributed by atoms with Crippen LogP contribution < -0.4 is 11.1 Å². The van der Waals surface area contributed by atoms with Gasteiger partial charge in [-0.25, -0.2) is 4.39 Å². The molecule has 0 spiro atoms. The summed E-state index contributed by atoms with van der Waals surface area (Å²) in [4.78, 5) is 11.6. The molecule has 5 heteroatoms. The predicted molar refractivity (Wildman–Crippen MR) is 71.7 cm³/mol. The highest BCUT2D eigenvalue weighted by molar-refractivity contribution is 8.01. The molecule has 0 aliphatic carbocycles. The first kappa shape index (κ1) is 13.8. The Labute approximate surface area is 105 Å². The summed E-state index contributed by atoms with van der Waals surface area (Å²) in [5, 5.41) is 2.66. The molecule has 17 heavy (non-hydrogen) atoms. The van der Waals surface area contributed by atoms with Gasteiger partial charge in [0.1, 0.15) is 5.82 Å². The molecule has 0 atom stereocenters. The average molecular weight is 256 g/mol. The Morgan fingerprint density at radius 1 is 1.47 bits per heavy atom. The lowest BCUT2D eigenvalue weighted by Crippen LogP contribution is -2.19. The number of hydrogen-bond donors (Lipinski definition) is 2. The zero-order valence-electron chi connectivity index (χ0n) is 10.2. The fraction of sp³-hybridized carbons (Fsp3) is 0.417. The molecule has 1 rings (SSSR count). The fourth-order valence-electron chi connectivity index (χ4n) is 1.12. The van der Waals surface area contributed by atoms with E-state index in [-0.39, 0.29) is 16.3 Å². The number of benzene rings is 1. The van der Waals surface area contributed by atoms with Crippen molar-refractivity contribution in [2.75, 3.05) is 16.8 Å². The molecule has 0 aliphatic heterocycles. The van der Waals surface area contributed by atoms with Crippen LogP contribution in [0.1, 0.15) is 20.8 Å². The third-order valence-electron chi connectivity index (χ3n) is 1.92. The highest BCUT2D eigenvalue weighted by atomic mass is 32.2. The first-order valence-corrected chi connectivity index (χ1v) is 6.25. The molecule has 94 valence electrons. The Balaban J connectivity index is 2.57. The second kappa shape index (κ2) is 5.40. The van der Waals surface area contributed by atoms with Crippen molar-refractivity contribution in [2.45, 2.75) is 25.5 Å². The van der Waals surface area contributed by atoms with Gasteiger partial charge in [-0.3, -0.25) is 4.79 Å². The summed E-state index contributed by atoms with van der Waals surface area (Å²) in [5.74, 6) is -0.201. The average Bonchev–Trinajstić information content (AvgIpc) is 2.18. The number of carbonyl (C=O) groups is 1. The van der Waals surface area contributed by atoms with E-state index in [2.05, 4.69) is 5.32 Å². The molecular formula is C12H17FN2OS. The fourth-order valence-corrected chi connectivity index (χ4v) is 1.75. The van der Waals surface area contributed by atoms with E-state index in [9.17, 15) is 9.18 Å². The molecule has 0 aromatic heterocycles. The molecule has 0 saturated heterocycles. The Morgan fingerprint density at radius 3 is 2.65 bits per heavy atom. The molecule has 3 nitrogen and oxygen atoms in total. The van der Waals surface area contributed by atoms with Crippen molar-refractivity contribution in [1.29, 1.82) is 0 Å². The minimum absolute atomic E-state index is 0.0334. The molecular weight excluding hydrogens is 239 g/mol. The minimum atomic E-state index is -0.412. The number of rotatable bonds is 3. The van der Waals surface area contributed by atoms with Crippen molar-refractivity contribution in [1.82, 2.24) is 0 Å². The van der Waals surface area contributed by atoms with Crippen LogP contribution >= 0.6 is 11.8 Å². The first-order valence-electron chi connectivity index (χ1n) is 5.27. The van der Waals surface area contributed by atoms with Crippen LogP contribution in [0.3, 0.4) is 0 Å². The van der Waals surface area contributed by atoms with Crippen molar-refractivity contribution in [3.63, 3.8) is 0 Å². The smallest absolute Gasteiger partial charge is 0.234 e. The molecule has 1 amide bonds. The van der Waals surface area contributed by atoms with Crippen LogP contribution in [0.4, 0.5) is 15.8 Å². The lowest BCUT2D eigenvalue weighted by Gasteiger charge is -2.17. The van der Waals surface area contributed by atoms with E-state index in [0.717, 1.165) is 0 Å². The number of carbonyl (C=O) groups excluding carboxylic acids is 1. The zero-order valence-corrected chi connectivity index (χ0v) is 11.0. The van der Waals surface area contributed by atoms with Crippen LogP contribution in [0.25, 0.3) is 0 Å². The summed E-state index contributed by atoms with van der Waals surface area (Å²) >= 11 is 1.54. The van der Waals surface area contributed by atoms with Crippen LogP contribution in [0.5, 0.6) is 0 Å². The maximum absolute atomic E-state index is 12.8. The van der Waals surface area contributed by atoms with E-state index in [4.69, 9.17) is 5.73 Å². The van der Waals surface area contributed by atoms with E-state index < -0.39 is 5.82 Å². The van der Waals surface area contributed by atoms with Crippen LogP contribution in [0.15, 0.2) is 18.2 Å². The molecule has 0 heterocycles. The summed E-state index contributed by atoms with van der Waals surface area (Å²) in [6, 6.07) is 3.92. The number of nitrogen functional groups attached to an aromatic ring is 1. The van der Waals surface area contributed by atoms with E-state index >= 15 is 0 Å². The minimum Gasteiger partial charge on any atom is -0.397 e. The summed E-state index contributed by atoms with van der Waals surface area (Å²) in [7, 11) is 0. The van der Waals surface area contributed by atoms with Crippen LogP contribution in [0, 0.1) is 5.82 Å². The van der Waals surface area contributed by atoms with Gasteiger partial charge in [-0.2, -0.15) is 0 Å². The topological polar surface area (TPSA) is 55.1 Å². The van der Waals surface area contributed by atoms with Gasteiger partial charge in [-0.1, -0.05) is 20.8 Å². The molecule has 0 unspecified atom stereocenters. The van der Waals surface area contributed by atoms with Gasteiger partial charge in [-0.15, -0.1) is 11.8 Å². The van der Waals surface area contributed by atoms with Crippen LogP contribution in [0.2, 0.25) is 0 Å². The first-order chi connectivity index (χ1) is 7.78. The number of anilines is 2. The summed E-state index contributed by atoms with van der Waals surface area (Å²) < 4.78 is 12.8. The number of thioether (sulfide) groups is 1. The lowest BCUT2D eigenvalue weighted by molar-refractivity contribution is -0.113. The third kappa shape index (κ3) is 5.08. The molecule has 0 aliphatic rings. The Bertz CT molecular complexity index is 415. The molecule has 0 bridgehead atoms. The molecule has 0 radical (unpaired) electrons. The van der Waals surface area contributed by atoms with Gasteiger partial charge in [0.05, 0.1) is 17.1 Å². The highest BCUT2D eigenvalue weighted by Crippen LogP contribution is 2.24. The standard InChI is InChI=1S/C12H17FN2OS/c1-12(2,3)17-7-11(16)15-10-5-4-8(13)6-9(10)14/h4-6H,7,14H2,1-3H3,(H,15,16). The Kier molecular flexibility index (Phi) is 4.40. The summed E-state index contributed by atoms with van der Waals surface area (Å²) in [5.41, 5.74) is 6.28. The van der Waals surface area contributed by atoms with Gasteiger partial charge >= 0.3 is 0 Å². The van der Waals surface area contributed by atoms with Gasteiger partial charge < -0.3 is 11.1 Å². The van der Waals surface area contributed by atoms with Gasteiger partial charge in [0.2, 0.25) is 5.91 Å². The molecule has 0 saturated carbocycles. The molecule has 3 N–H and O–H groups in total. The van der Waals surface area contributed by atoms with Crippen molar-refractivity contribution in [3.8, 4) is 0 Å². The Morgan fingerprint density at radius 2 is 2.12 bits per heavy atom. The quantitative estimate of drug-likeness (QED) is 0.818. The van der Waals surface area contributed by atoms with Crippen LogP contribution in [-0.2, 0) is 4.79 Å². The summed E-state index contributed by atoms with van der Waals surface area (Å²) in [6.45, 7) is 6.12. The SMILES string of the molecule is CC(C)(C)SCC(=O)Nc1ccc(F)cc1N. The van der Waals surface area contributed by atoms with Crippen molar-refractivity contribution < 1.29 is 9.18 Å². The van der Waals surface area contributed by atoms with E-state index in [1.165, 1.54) is 18.2 Å². The number of hydrogen-bond acceptors (Lipinski definition) is 3. The summed E-state index contributed by atoms with van der Waals surface area (Å²) in [6.07, 6.45) is 0. The second-order valence-electron chi connectivity index (χ2n) is 4.68. The molecule has 1 aromatic rings. The van der Waals surface area contributed by atoms with Crippen molar-refractivity contribution >= 4 is 29.0 Å². The maximum atomic E-state index is 12.8. The van der Waals surface area contributed by atoms with E-state index in [1.807, 2.05) is 20.8 Å². The number of nitrogens with two attached hydrogens (primary N) is 1. The zero-order chi connectivity index (χ0) is 13.1. The van der Waals surface area contributed by atoms with E-state index in [1.54, 1.807) is 11.8 Å². The van der Waals surface area contributed by atoms with Crippen molar-refractivity contribution in [3.05, 3.63) is 24.0 Å². The largest absolute Gasteiger partial charge is 0.397 e. The molecule has 0 fully saturated rings. The highest BCUT2D eigenvalue weighted by Gasteiger charge is 2.14. The normalized spacial score (nSPS) is 11.3. The van der Waals surface area contributed by atoms with Crippen LogP contribution in [-0.4, -0.2) is 16.4 Å².